The lowest BCUT2D eigenvalue weighted by Crippen LogP contribution is -2.46. The molecule has 3 aliphatic rings. The molecule has 0 unspecified atom stereocenters. The zero-order valence-corrected chi connectivity index (χ0v) is 26.4. The summed E-state index contributed by atoms with van der Waals surface area (Å²) in [6.07, 6.45) is 6.75. The Bertz CT molecular complexity index is 1750. The molecule has 1 aromatic heterocycles. The van der Waals surface area contributed by atoms with Gasteiger partial charge in [-0.1, -0.05) is 19.4 Å². The van der Waals surface area contributed by atoms with Gasteiger partial charge < -0.3 is 19.5 Å². The predicted octanol–water partition coefficient (Wildman–Crippen LogP) is 4.99. The molecule has 2 amide bonds. The summed E-state index contributed by atoms with van der Waals surface area (Å²) in [5.74, 6) is 3.24. The Morgan fingerprint density at radius 2 is 2.04 bits per heavy atom. The van der Waals surface area contributed by atoms with Crippen molar-refractivity contribution in [3.05, 3.63) is 83.0 Å². The van der Waals surface area contributed by atoms with Crippen LogP contribution in [-0.4, -0.2) is 57.2 Å². The number of nitrogens with zero attached hydrogens (tertiary/aromatic N) is 5. The van der Waals surface area contributed by atoms with E-state index < -0.39 is 23.1 Å². The second kappa shape index (κ2) is 12.5. The van der Waals surface area contributed by atoms with E-state index in [0.717, 1.165) is 43.1 Å². The minimum atomic E-state index is -4.67. The number of nitrogens with one attached hydrogen (secondary N) is 1. The molecular weight excluding hydrogens is 609 g/mol. The van der Waals surface area contributed by atoms with E-state index in [9.17, 15) is 22.8 Å². The molecular formula is C35H37F3N6O3. The van der Waals surface area contributed by atoms with Crippen LogP contribution in [0.15, 0.2) is 49.3 Å². The number of likely N-dealkylation sites (tertiary alicyclic amines) is 1. The van der Waals surface area contributed by atoms with Crippen molar-refractivity contribution in [3.8, 4) is 18.1 Å². The third-order valence-electron chi connectivity index (χ3n) is 9.46. The maximum atomic E-state index is 14.6. The molecule has 1 N–H and O–H groups in total. The first-order chi connectivity index (χ1) is 22.4. The van der Waals surface area contributed by atoms with E-state index in [2.05, 4.69) is 34.9 Å². The fourth-order valence-corrected chi connectivity index (χ4v) is 7.47. The van der Waals surface area contributed by atoms with E-state index in [0.29, 0.717) is 36.0 Å². The van der Waals surface area contributed by atoms with Gasteiger partial charge in [-0.05, 0) is 85.2 Å². The van der Waals surface area contributed by atoms with Crippen LogP contribution in [0, 0.1) is 18.3 Å². The molecule has 1 aliphatic carbocycles. The van der Waals surface area contributed by atoms with Crippen LogP contribution in [0.3, 0.4) is 0 Å². The molecule has 0 spiro atoms. The average Bonchev–Trinajstić information content (AvgIpc) is 3.60. The van der Waals surface area contributed by atoms with Crippen molar-refractivity contribution < 1.29 is 27.5 Å². The number of terminal acetylenes is 1. The Morgan fingerprint density at radius 1 is 1.26 bits per heavy atom. The lowest BCUT2D eigenvalue weighted by molar-refractivity contribution is -0.138. The molecule has 1 atom stereocenters. The summed E-state index contributed by atoms with van der Waals surface area (Å²) < 4.78 is 51.4. The lowest BCUT2D eigenvalue weighted by atomic mass is 9.58. The monoisotopic (exact) mass is 646 g/mol. The number of ether oxygens (including phenoxy) is 1. The standard InChI is InChI=1S/C35H37F3N6O3/c1-5-10-47-27-14-24(34(16-22(3)17-34)33-41-39-21-42(33)4)13-26(15-27)44-20-29-28(32(44)46)11-23(12-30(29)35(36,37)38)18-43-9-7-8-25(19-43)40-31(45)6-2/h1,6,11-15,21-22,25H,2,7-10,16-20H2,3-4H3,(H,40,45)/t22?,25-,34?/m0/s1. The average molecular weight is 647 g/mol. The first-order valence-corrected chi connectivity index (χ1v) is 15.7. The van der Waals surface area contributed by atoms with Gasteiger partial charge in [0.2, 0.25) is 5.91 Å². The first kappa shape index (κ1) is 32.3. The largest absolute Gasteiger partial charge is 0.481 e. The number of hydrogen-bond acceptors (Lipinski definition) is 6. The van der Waals surface area contributed by atoms with Crippen LogP contribution in [0.5, 0.6) is 5.75 Å². The molecule has 12 heteroatoms. The molecule has 246 valence electrons. The molecule has 9 nitrogen and oxygen atoms in total. The Balaban J connectivity index is 1.35. The van der Waals surface area contributed by atoms with Gasteiger partial charge >= 0.3 is 6.18 Å². The topological polar surface area (TPSA) is 92.6 Å². The number of fused-ring (bicyclic) bond motifs is 1. The number of piperidine rings is 1. The molecule has 6 rings (SSSR count). The minimum Gasteiger partial charge on any atom is -0.481 e. The smallest absolute Gasteiger partial charge is 0.416 e. The fraction of sp³-hybridized carbons (Fsp3) is 0.429. The number of aromatic nitrogens is 3. The number of hydrogen-bond donors (Lipinski definition) is 1. The predicted molar refractivity (Wildman–Crippen MR) is 170 cm³/mol. The summed E-state index contributed by atoms with van der Waals surface area (Å²) in [4.78, 5) is 29.2. The maximum absolute atomic E-state index is 14.6. The summed E-state index contributed by atoms with van der Waals surface area (Å²) in [5.41, 5.74) is 0.282. The highest BCUT2D eigenvalue weighted by atomic mass is 19.4. The molecule has 1 saturated carbocycles. The van der Waals surface area contributed by atoms with Crippen molar-refractivity contribution in [3.63, 3.8) is 0 Å². The molecule has 2 aliphatic heterocycles. The second-order valence-electron chi connectivity index (χ2n) is 12.9. The Kier molecular flexibility index (Phi) is 8.61. The summed E-state index contributed by atoms with van der Waals surface area (Å²) in [6, 6.07) is 7.97. The maximum Gasteiger partial charge on any atom is 0.416 e. The van der Waals surface area contributed by atoms with E-state index in [1.807, 2.05) is 28.6 Å². The number of rotatable bonds is 9. The number of carbonyl (C=O) groups is 2. The number of alkyl halides is 3. The van der Waals surface area contributed by atoms with Crippen LogP contribution in [-0.2, 0) is 36.5 Å². The molecule has 2 fully saturated rings. The number of amides is 2. The fourth-order valence-electron chi connectivity index (χ4n) is 7.47. The summed E-state index contributed by atoms with van der Waals surface area (Å²) in [5, 5.41) is 11.4. The van der Waals surface area contributed by atoms with Crippen LogP contribution in [0.2, 0.25) is 0 Å². The van der Waals surface area contributed by atoms with Crippen LogP contribution in [0.1, 0.15) is 71.0 Å². The van der Waals surface area contributed by atoms with Gasteiger partial charge in [-0.25, -0.2) is 0 Å². The van der Waals surface area contributed by atoms with Crippen molar-refractivity contribution in [2.24, 2.45) is 13.0 Å². The number of carbonyl (C=O) groups excluding carboxylic acids is 2. The molecule has 47 heavy (non-hydrogen) atoms. The molecule has 2 aromatic carbocycles. The lowest BCUT2D eigenvalue weighted by Gasteiger charge is -2.46. The molecule has 0 radical (unpaired) electrons. The van der Waals surface area contributed by atoms with E-state index in [4.69, 9.17) is 11.2 Å². The Labute approximate surface area is 271 Å². The zero-order chi connectivity index (χ0) is 33.5. The molecule has 0 bridgehead atoms. The van der Waals surface area contributed by atoms with Crippen molar-refractivity contribution >= 4 is 17.5 Å². The van der Waals surface area contributed by atoms with Gasteiger partial charge in [0.1, 0.15) is 24.5 Å². The minimum absolute atomic E-state index is 0.0133. The number of anilines is 1. The quantitative estimate of drug-likeness (QED) is 0.260. The third kappa shape index (κ3) is 6.24. The van der Waals surface area contributed by atoms with Crippen molar-refractivity contribution in [1.82, 2.24) is 25.0 Å². The number of benzene rings is 2. The Hall–Kier alpha value is -4.63. The van der Waals surface area contributed by atoms with Gasteiger partial charge in [-0.2, -0.15) is 13.2 Å². The van der Waals surface area contributed by atoms with E-state index in [1.54, 1.807) is 18.5 Å². The van der Waals surface area contributed by atoms with Gasteiger partial charge in [0.25, 0.3) is 5.91 Å². The first-order valence-electron chi connectivity index (χ1n) is 15.7. The van der Waals surface area contributed by atoms with Gasteiger partial charge in [-0.15, -0.1) is 16.6 Å². The van der Waals surface area contributed by atoms with E-state index in [1.165, 1.54) is 11.0 Å². The molecule has 1 saturated heterocycles. The van der Waals surface area contributed by atoms with Crippen LogP contribution in [0.25, 0.3) is 0 Å². The highest BCUT2D eigenvalue weighted by Crippen LogP contribution is 2.53. The summed E-state index contributed by atoms with van der Waals surface area (Å²) >= 11 is 0. The molecule has 3 heterocycles. The highest BCUT2D eigenvalue weighted by Gasteiger charge is 2.49. The van der Waals surface area contributed by atoms with E-state index in [-0.39, 0.29) is 42.8 Å². The van der Waals surface area contributed by atoms with Gasteiger partial charge in [0.15, 0.2) is 0 Å². The number of aryl methyl sites for hydroxylation is 1. The van der Waals surface area contributed by atoms with Crippen molar-refractivity contribution in [1.29, 1.82) is 0 Å². The second-order valence-corrected chi connectivity index (χ2v) is 12.9. The summed E-state index contributed by atoms with van der Waals surface area (Å²) in [7, 11) is 1.87. The zero-order valence-electron chi connectivity index (χ0n) is 26.4. The third-order valence-corrected chi connectivity index (χ3v) is 9.46. The summed E-state index contributed by atoms with van der Waals surface area (Å²) in [6.45, 7) is 6.73. The van der Waals surface area contributed by atoms with Gasteiger partial charge in [0.05, 0.1) is 17.5 Å². The van der Waals surface area contributed by atoms with Crippen LogP contribution in [0.4, 0.5) is 18.9 Å². The van der Waals surface area contributed by atoms with Crippen molar-refractivity contribution in [2.75, 3.05) is 24.6 Å². The highest BCUT2D eigenvalue weighted by molar-refractivity contribution is 6.10. The van der Waals surface area contributed by atoms with E-state index >= 15 is 0 Å². The molecule has 3 aromatic rings. The van der Waals surface area contributed by atoms with Gasteiger partial charge in [-0.3, -0.25) is 14.5 Å². The van der Waals surface area contributed by atoms with Crippen molar-refractivity contribution in [2.45, 2.75) is 63.3 Å². The van der Waals surface area contributed by atoms with Crippen LogP contribution < -0.4 is 15.0 Å². The SMILES string of the molecule is C#CCOc1cc(N2Cc3c(cc(CN4CCC[C@H](NC(=O)C=C)C4)cc3C(F)(F)F)C2=O)cc(C2(c3nncn3C)CC(C)C2)c1. The number of halogens is 3. The normalized spacial score (nSPS) is 22.7. The van der Waals surface area contributed by atoms with Gasteiger partial charge in [0, 0.05) is 43.5 Å². The van der Waals surface area contributed by atoms with Crippen LogP contribution >= 0.6 is 0 Å². The Morgan fingerprint density at radius 3 is 2.70 bits per heavy atom.